The topological polar surface area (TPSA) is 56.5 Å². The van der Waals surface area contributed by atoms with Crippen LogP contribution in [0.1, 0.15) is 0 Å². The SMILES string of the molecule is Fc1cnn(-c2nccc(Sc3cnc(Cl)cn3)c2Cl)c1. The van der Waals surface area contributed by atoms with Gasteiger partial charge in [0.15, 0.2) is 11.6 Å². The molecular formula is C12H6Cl2FN5S. The summed E-state index contributed by atoms with van der Waals surface area (Å²) < 4.78 is 14.3. The first-order chi connectivity index (χ1) is 10.1. The van der Waals surface area contributed by atoms with Gasteiger partial charge in [-0.1, -0.05) is 35.0 Å². The van der Waals surface area contributed by atoms with Crippen molar-refractivity contribution < 1.29 is 4.39 Å². The predicted molar refractivity (Wildman–Crippen MR) is 77.5 cm³/mol. The van der Waals surface area contributed by atoms with Gasteiger partial charge in [-0.15, -0.1) is 0 Å². The van der Waals surface area contributed by atoms with Crippen LogP contribution in [-0.4, -0.2) is 24.7 Å². The van der Waals surface area contributed by atoms with E-state index >= 15 is 0 Å². The van der Waals surface area contributed by atoms with Crippen molar-refractivity contribution in [3.8, 4) is 5.82 Å². The summed E-state index contributed by atoms with van der Waals surface area (Å²) in [5.74, 6) is -0.123. The van der Waals surface area contributed by atoms with Gasteiger partial charge in [-0.2, -0.15) is 5.10 Å². The van der Waals surface area contributed by atoms with Crippen LogP contribution in [0.5, 0.6) is 0 Å². The standard InChI is InChI=1S/C12H6Cl2FN5S/c13-9-4-18-10(5-17-9)21-8-1-2-16-12(11(8)14)20-6-7(15)3-19-20/h1-6H. The zero-order valence-corrected chi connectivity index (χ0v) is 12.6. The first kappa shape index (κ1) is 14.2. The molecule has 0 aliphatic heterocycles. The molecule has 0 N–H and O–H groups in total. The maximum Gasteiger partial charge on any atom is 0.173 e. The van der Waals surface area contributed by atoms with E-state index in [1.54, 1.807) is 12.3 Å². The minimum Gasteiger partial charge on any atom is -0.245 e. The second-order valence-corrected chi connectivity index (χ2v) is 5.66. The number of hydrogen-bond acceptors (Lipinski definition) is 5. The van der Waals surface area contributed by atoms with Crippen molar-refractivity contribution >= 4 is 35.0 Å². The van der Waals surface area contributed by atoms with E-state index in [1.165, 1.54) is 35.0 Å². The molecule has 0 aliphatic rings. The van der Waals surface area contributed by atoms with Gasteiger partial charge < -0.3 is 0 Å². The second kappa shape index (κ2) is 5.97. The zero-order chi connectivity index (χ0) is 14.8. The highest BCUT2D eigenvalue weighted by Crippen LogP contribution is 2.34. The Morgan fingerprint density at radius 3 is 2.62 bits per heavy atom. The average molecular weight is 342 g/mol. The first-order valence-electron chi connectivity index (χ1n) is 5.64. The van der Waals surface area contributed by atoms with Crippen LogP contribution in [0.15, 0.2) is 47.0 Å². The molecule has 3 rings (SSSR count). The molecule has 3 aromatic heterocycles. The third-order valence-electron chi connectivity index (χ3n) is 2.41. The fourth-order valence-corrected chi connectivity index (χ4v) is 2.69. The van der Waals surface area contributed by atoms with Gasteiger partial charge >= 0.3 is 0 Å². The summed E-state index contributed by atoms with van der Waals surface area (Å²) in [7, 11) is 0. The Kier molecular flexibility index (Phi) is 4.05. The summed E-state index contributed by atoms with van der Waals surface area (Å²) in [6.07, 6.45) is 6.83. The van der Waals surface area contributed by atoms with Crippen LogP contribution in [0.3, 0.4) is 0 Å². The molecule has 0 saturated heterocycles. The molecule has 5 nitrogen and oxygen atoms in total. The van der Waals surface area contributed by atoms with Gasteiger partial charge in [0, 0.05) is 11.1 Å². The number of nitrogens with zero attached hydrogens (tertiary/aromatic N) is 5. The van der Waals surface area contributed by atoms with Crippen LogP contribution in [0.25, 0.3) is 5.82 Å². The summed E-state index contributed by atoms with van der Waals surface area (Å²) in [5.41, 5.74) is 0. The van der Waals surface area contributed by atoms with Crippen molar-refractivity contribution in [2.75, 3.05) is 0 Å². The van der Waals surface area contributed by atoms with Crippen LogP contribution in [0.2, 0.25) is 10.2 Å². The van der Waals surface area contributed by atoms with E-state index in [-0.39, 0.29) is 0 Å². The smallest absolute Gasteiger partial charge is 0.173 e. The third-order valence-corrected chi connectivity index (χ3v) is 4.07. The van der Waals surface area contributed by atoms with E-state index in [1.807, 2.05) is 0 Å². The van der Waals surface area contributed by atoms with Crippen LogP contribution in [-0.2, 0) is 0 Å². The molecule has 0 unspecified atom stereocenters. The van der Waals surface area contributed by atoms with E-state index in [0.717, 1.165) is 6.20 Å². The number of hydrogen-bond donors (Lipinski definition) is 0. The van der Waals surface area contributed by atoms with E-state index in [4.69, 9.17) is 23.2 Å². The van der Waals surface area contributed by atoms with Crippen molar-refractivity contribution in [1.82, 2.24) is 24.7 Å². The summed E-state index contributed by atoms with van der Waals surface area (Å²) in [6.45, 7) is 0. The van der Waals surface area contributed by atoms with Gasteiger partial charge in [0.1, 0.15) is 10.2 Å². The van der Waals surface area contributed by atoms with Gasteiger partial charge in [-0.3, -0.25) is 0 Å². The van der Waals surface area contributed by atoms with Crippen molar-refractivity contribution in [2.45, 2.75) is 9.92 Å². The Hall–Kier alpha value is -1.70. The van der Waals surface area contributed by atoms with E-state index in [9.17, 15) is 4.39 Å². The van der Waals surface area contributed by atoms with Crippen LogP contribution in [0, 0.1) is 5.82 Å². The lowest BCUT2D eigenvalue weighted by Gasteiger charge is -2.07. The second-order valence-electron chi connectivity index (χ2n) is 3.83. The number of pyridine rings is 1. The van der Waals surface area contributed by atoms with Gasteiger partial charge in [0.2, 0.25) is 0 Å². The van der Waals surface area contributed by atoms with Gasteiger partial charge in [0.25, 0.3) is 0 Å². The summed E-state index contributed by atoms with van der Waals surface area (Å²) in [5, 5.41) is 5.14. The summed E-state index contributed by atoms with van der Waals surface area (Å²) >= 11 is 13.3. The molecule has 3 heterocycles. The molecule has 0 aromatic carbocycles. The summed E-state index contributed by atoms with van der Waals surface area (Å²) in [4.78, 5) is 12.9. The molecule has 106 valence electrons. The number of halogens is 3. The Labute approximate surface area is 133 Å². The predicted octanol–water partition coefficient (Wildman–Crippen LogP) is 3.65. The molecule has 0 aliphatic carbocycles. The molecule has 0 bridgehead atoms. The lowest BCUT2D eigenvalue weighted by Crippen LogP contribution is -1.99. The Bertz CT molecular complexity index is 778. The molecular weight excluding hydrogens is 336 g/mol. The molecule has 0 amide bonds. The third kappa shape index (κ3) is 3.15. The van der Waals surface area contributed by atoms with E-state index < -0.39 is 5.82 Å². The molecule has 0 radical (unpaired) electrons. The monoisotopic (exact) mass is 341 g/mol. The lowest BCUT2D eigenvalue weighted by molar-refractivity contribution is 0.627. The quantitative estimate of drug-likeness (QED) is 0.727. The first-order valence-corrected chi connectivity index (χ1v) is 7.21. The molecule has 0 saturated carbocycles. The van der Waals surface area contributed by atoms with E-state index in [0.29, 0.717) is 25.9 Å². The molecule has 0 spiro atoms. The van der Waals surface area contributed by atoms with Crippen LogP contribution in [0.4, 0.5) is 4.39 Å². The Morgan fingerprint density at radius 1 is 1.10 bits per heavy atom. The van der Waals surface area contributed by atoms with Crippen molar-refractivity contribution in [3.63, 3.8) is 0 Å². The molecule has 3 aromatic rings. The van der Waals surface area contributed by atoms with Crippen molar-refractivity contribution in [2.24, 2.45) is 0 Å². The minimum absolute atomic E-state index is 0.313. The largest absolute Gasteiger partial charge is 0.245 e. The van der Waals surface area contributed by atoms with E-state index in [2.05, 4.69) is 20.1 Å². The lowest BCUT2D eigenvalue weighted by atomic mass is 10.4. The highest BCUT2D eigenvalue weighted by atomic mass is 35.5. The fourth-order valence-electron chi connectivity index (χ4n) is 1.54. The maximum atomic E-state index is 13.0. The van der Waals surface area contributed by atoms with Gasteiger partial charge in [0.05, 0.1) is 29.8 Å². The van der Waals surface area contributed by atoms with Crippen molar-refractivity contribution in [1.29, 1.82) is 0 Å². The normalized spacial score (nSPS) is 10.8. The zero-order valence-electron chi connectivity index (χ0n) is 10.2. The fraction of sp³-hybridized carbons (Fsp3) is 0. The molecule has 9 heteroatoms. The van der Waals surface area contributed by atoms with Gasteiger partial charge in [-0.05, 0) is 6.07 Å². The van der Waals surface area contributed by atoms with Crippen molar-refractivity contribution in [3.05, 3.63) is 53.0 Å². The Balaban J connectivity index is 1.95. The minimum atomic E-state index is -0.463. The molecule has 0 fully saturated rings. The molecule has 0 atom stereocenters. The van der Waals surface area contributed by atoms with Crippen LogP contribution >= 0.6 is 35.0 Å². The average Bonchev–Trinajstić information content (AvgIpc) is 2.90. The molecule has 21 heavy (non-hydrogen) atoms. The maximum absolute atomic E-state index is 13.0. The number of aromatic nitrogens is 5. The number of rotatable bonds is 3. The summed E-state index contributed by atoms with van der Waals surface area (Å²) in [6, 6.07) is 1.73. The highest BCUT2D eigenvalue weighted by Gasteiger charge is 2.12. The Morgan fingerprint density at radius 2 is 1.95 bits per heavy atom. The van der Waals surface area contributed by atoms with Crippen LogP contribution < -0.4 is 0 Å². The highest BCUT2D eigenvalue weighted by molar-refractivity contribution is 7.99. The van der Waals surface area contributed by atoms with Gasteiger partial charge in [-0.25, -0.2) is 24.0 Å².